The predicted octanol–water partition coefficient (Wildman–Crippen LogP) is 1.99. The Morgan fingerprint density at radius 3 is 2.35 bits per heavy atom. The van der Waals surface area contributed by atoms with Crippen molar-refractivity contribution < 1.29 is 23.5 Å². The number of hydrogen-bond donors (Lipinski definition) is 1. The molecule has 1 aromatic rings. The Kier molecular flexibility index (Phi) is 6.41. The lowest BCUT2D eigenvalue weighted by molar-refractivity contribution is -0.830. The Morgan fingerprint density at radius 2 is 1.78 bits per heavy atom. The van der Waals surface area contributed by atoms with Crippen molar-refractivity contribution in [2.45, 2.75) is 26.1 Å². The number of quaternary nitrogens is 1. The van der Waals surface area contributed by atoms with Gasteiger partial charge in [-0.2, -0.15) is 18.7 Å². The van der Waals surface area contributed by atoms with Crippen molar-refractivity contribution in [3.05, 3.63) is 29.3 Å². The van der Waals surface area contributed by atoms with Crippen LogP contribution < -0.4 is 5.48 Å². The Labute approximate surface area is 135 Å². The number of alkyl halides is 3. The fourth-order valence-electron chi connectivity index (χ4n) is 2.93. The Balaban J connectivity index is 2.07. The highest BCUT2D eigenvalue weighted by molar-refractivity contribution is 5.40. The van der Waals surface area contributed by atoms with E-state index in [0.29, 0.717) is 17.8 Å². The van der Waals surface area contributed by atoms with Crippen LogP contribution in [0.4, 0.5) is 18.9 Å². The molecule has 1 aliphatic rings. The SMILES string of the molecule is CCCN1CCN(Cc2ccc([NH2+]OC)cc2C(F)(F)F)CC1. The molecular formula is C16H25F3N3O+. The molecule has 0 aromatic heterocycles. The van der Waals surface area contributed by atoms with Crippen molar-refractivity contribution in [1.82, 2.24) is 9.80 Å². The topological polar surface area (TPSA) is 32.3 Å². The molecule has 1 fully saturated rings. The standard InChI is InChI=1S/C16H24F3N3O/c1-3-6-21-7-9-22(10-8-21)12-13-4-5-14(20-23-2)11-15(13)16(17,18)19/h4-5,11,20H,3,6-10,12H2,1-2H3/p+1. The molecular weight excluding hydrogens is 307 g/mol. The Hall–Kier alpha value is -1.15. The maximum absolute atomic E-state index is 13.3. The average Bonchev–Trinajstić information content (AvgIpc) is 2.50. The van der Waals surface area contributed by atoms with Gasteiger partial charge in [-0.1, -0.05) is 13.0 Å². The van der Waals surface area contributed by atoms with Crippen LogP contribution in [0.15, 0.2) is 18.2 Å². The first-order chi connectivity index (χ1) is 10.9. The first-order valence-corrected chi connectivity index (χ1v) is 7.95. The maximum atomic E-state index is 13.3. The van der Waals surface area contributed by atoms with Crippen molar-refractivity contribution in [2.75, 3.05) is 39.8 Å². The van der Waals surface area contributed by atoms with E-state index in [1.54, 1.807) is 12.1 Å². The fourth-order valence-corrected chi connectivity index (χ4v) is 2.93. The molecule has 130 valence electrons. The average molecular weight is 332 g/mol. The molecule has 1 aliphatic heterocycles. The van der Waals surface area contributed by atoms with Crippen molar-refractivity contribution in [2.24, 2.45) is 0 Å². The summed E-state index contributed by atoms with van der Waals surface area (Å²) in [5.74, 6) is 0. The molecule has 0 amide bonds. The lowest BCUT2D eigenvalue weighted by atomic mass is 10.0. The van der Waals surface area contributed by atoms with Crippen LogP contribution in [-0.4, -0.2) is 49.6 Å². The van der Waals surface area contributed by atoms with Gasteiger partial charge in [0.15, 0.2) is 5.69 Å². The minimum atomic E-state index is -4.35. The van der Waals surface area contributed by atoms with Crippen LogP contribution in [-0.2, 0) is 17.6 Å². The van der Waals surface area contributed by atoms with Crippen LogP contribution in [0.1, 0.15) is 24.5 Å². The fraction of sp³-hybridized carbons (Fsp3) is 0.625. The summed E-state index contributed by atoms with van der Waals surface area (Å²) >= 11 is 0. The molecule has 1 aromatic carbocycles. The van der Waals surface area contributed by atoms with Gasteiger partial charge in [0.05, 0.1) is 12.7 Å². The summed E-state index contributed by atoms with van der Waals surface area (Å²) in [6.07, 6.45) is -3.24. The normalized spacial score (nSPS) is 17.6. The number of hydrogen-bond acceptors (Lipinski definition) is 3. The van der Waals surface area contributed by atoms with Crippen LogP contribution in [0.3, 0.4) is 0 Å². The molecule has 0 atom stereocenters. The van der Waals surface area contributed by atoms with Crippen LogP contribution in [0.5, 0.6) is 0 Å². The summed E-state index contributed by atoms with van der Waals surface area (Å²) in [7, 11) is 1.43. The second-order valence-corrected chi connectivity index (χ2v) is 5.89. The predicted molar refractivity (Wildman–Crippen MR) is 82.0 cm³/mol. The number of rotatable bonds is 6. The van der Waals surface area contributed by atoms with Gasteiger partial charge in [0, 0.05) is 44.9 Å². The first-order valence-electron chi connectivity index (χ1n) is 7.95. The van der Waals surface area contributed by atoms with E-state index in [1.165, 1.54) is 12.6 Å². The van der Waals surface area contributed by atoms with Gasteiger partial charge in [-0.3, -0.25) is 4.90 Å². The second kappa shape index (κ2) is 8.10. The van der Waals surface area contributed by atoms with Gasteiger partial charge in [0.2, 0.25) is 0 Å². The summed E-state index contributed by atoms with van der Waals surface area (Å²) < 4.78 is 39.9. The van der Waals surface area contributed by atoms with Crippen LogP contribution in [0, 0.1) is 0 Å². The molecule has 7 heteroatoms. The van der Waals surface area contributed by atoms with Gasteiger partial charge in [-0.05, 0) is 18.5 Å². The van der Waals surface area contributed by atoms with Gasteiger partial charge in [-0.15, -0.1) is 0 Å². The summed E-state index contributed by atoms with van der Waals surface area (Å²) in [5.41, 5.74) is 1.51. The minimum absolute atomic E-state index is 0.328. The highest BCUT2D eigenvalue weighted by Crippen LogP contribution is 2.33. The van der Waals surface area contributed by atoms with Crippen molar-refractivity contribution >= 4 is 5.69 Å². The smallest absolute Gasteiger partial charge is 0.301 e. The number of halogens is 3. The van der Waals surface area contributed by atoms with E-state index < -0.39 is 11.7 Å². The third kappa shape index (κ3) is 5.17. The van der Waals surface area contributed by atoms with E-state index in [9.17, 15) is 13.2 Å². The number of nitrogens with two attached hydrogens (primary N) is 1. The number of nitrogens with zero attached hydrogens (tertiary/aromatic N) is 2. The zero-order valence-corrected chi connectivity index (χ0v) is 13.7. The lowest BCUT2D eigenvalue weighted by Gasteiger charge is -2.34. The van der Waals surface area contributed by atoms with Gasteiger partial charge in [0.1, 0.15) is 0 Å². The first kappa shape index (κ1) is 18.2. The summed E-state index contributed by atoms with van der Waals surface area (Å²) in [6, 6.07) is 4.39. The molecule has 0 saturated carbocycles. The van der Waals surface area contributed by atoms with E-state index in [2.05, 4.69) is 16.7 Å². The van der Waals surface area contributed by atoms with Crippen LogP contribution >= 0.6 is 0 Å². The summed E-state index contributed by atoms with van der Waals surface area (Å²) in [4.78, 5) is 9.26. The molecule has 0 bridgehead atoms. The van der Waals surface area contributed by atoms with Crippen molar-refractivity contribution in [3.8, 4) is 0 Å². The van der Waals surface area contributed by atoms with Gasteiger partial charge in [-0.25, -0.2) is 4.84 Å². The third-order valence-electron chi connectivity index (χ3n) is 4.09. The Bertz CT molecular complexity index is 500. The zero-order chi connectivity index (χ0) is 16.9. The van der Waals surface area contributed by atoms with E-state index in [4.69, 9.17) is 4.84 Å². The van der Waals surface area contributed by atoms with E-state index in [0.717, 1.165) is 45.2 Å². The lowest BCUT2D eigenvalue weighted by Crippen LogP contribution is -2.76. The number of piperazine rings is 1. The molecule has 23 heavy (non-hydrogen) atoms. The van der Waals surface area contributed by atoms with Crippen molar-refractivity contribution in [3.63, 3.8) is 0 Å². The van der Waals surface area contributed by atoms with Crippen LogP contribution in [0.25, 0.3) is 0 Å². The van der Waals surface area contributed by atoms with Gasteiger partial charge >= 0.3 is 6.18 Å². The molecule has 1 heterocycles. The maximum Gasteiger partial charge on any atom is 0.416 e. The van der Waals surface area contributed by atoms with E-state index in [1.807, 2.05) is 0 Å². The zero-order valence-electron chi connectivity index (χ0n) is 13.7. The second-order valence-electron chi connectivity index (χ2n) is 5.89. The highest BCUT2D eigenvalue weighted by atomic mass is 19.4. The van der Waals surface area contributed by atoms with Crippen LogP contribution in [0.2, 0.25) is 0 Å². The van der Waals surface area contributed by atoms with Gasteiger partial charge in [0.25, 0.3) is 0 Å². The minimum Gasteiger partial charge on any atom is -0.301 e. The molecule has 0 unspecified atom stereocenters. The summed E-state index contributed by atoms with van der Waals surface area (Å²) in [5, 5.41) is 0. The van der Waals surface area contributed by atoms with Gasteiger partial charge < -0.3 is 4.90 Å². The Morgan fingerprint density at radius 1 is 1.13 bits per heavy atom. The molecule has 0 radical (unpaired) electrons. The van der Waals surface area contributed by atoms with E-state index >= 15 is 0 Å². The molecule has 1 saturated heterocycles. The molecule has 2 N–H and O–H groups in total. The monoisotopic (exact) mass is 332 g/mol. The summed E-state index contributed by atoms with van der Waals surface area (Å²) in [6.45, 7) is 6.99. The number of benzene rings is 1. The third-order valence-corrected chi connectivity index (χ3v) is 4.09. The van der Waals surface area contributed by atoms with Crippen molar-refractivity contribution in [1.29, 1.82) is 0 Å². The molecule has 0 spiro atoms. The molecule has 2 rings (SSSR count). The molecule has 0 aliphatic carbocycles. The highest BCUT2D eigenvalue weighted by Gasteiger charge is 2.34. The van der Waals surface area contributed by atoms with E-state index in [-0.39, 0.29) is 0 Å². The molecule has 4 nitrogen and oxygen atoms in total. The largest absolute Gasteiger partial charge is 0.416 e. The quantitative estimate of drug-likeness (QED) is 0.639.